The van der Waals surface area contributed by atoms with Crippen LogP contribution in [0.3, 0.4) is 0 Å². The van der Waals surface area contributed by atoms with Crippen molar-refractivity contribution in [3.63, 3.8) is 0 Å². The van der Waals surface area contributed by atoms with Crippen LogP contribution in [0.4, 0.5) is 0 Å². The summed E-state index contributed by atoms with van der Waals surface area (Å²) in [6, 6.07) is 22.7. The predicted octanol–water partition coefficient (Wildman–Crippen LogP) is 4.99. The van der Waals surface area contributed by atoms with Crippen LogP contribution in [0.5, 0.6) is 11.5 Å². The van der Waals surface area contributed by atoms with Gasteiger partial charge in [-0.25, -0.2) is 0 Å². The van der Waals surface area contributed by atoms with Crippen LogP contribution < -0.4 is 14.8 Å². The number of carbonyl (C=O) groups is 3. The summed E-state index contributed by atoms with van der Waals surface area (Å²) in [5.41, 5.74) is 2.06. The van der Waals surface area contributed by atoms with Crippen molar-refractivity contribution in [2.75, 3.05) is 13.9 Å². The van der Waals surface area contributed by atoms with Gasteiger partial charge in [-0.2, -0.15) is 0 Å². The molecule has 1 N–H and O–H groups in total. The van der Waals surface area contributed by atoms with Crippen LogP contribution in [0.15, 0.2) is 78.9 Å². The van der Waals surface area contributed by atoms with Gasteiger partial charge in [-0.15, -0.1) is 0 Å². The summed E-state index contributed by atoms with van der Waals surface area (Å²) in [7, 11) is 1.35. The number of rotatable bonds is 7. The third kappa shape index (κ3) is 5.92. The minimum Gasteiger partial charge on any atom is -0.469 e. The zero-order chi connectivity index (χ0) is 29.1. The van der Waals surface area contributed by atoms with Crippen LogP contribution in [0.25, 0.3) is 0 Å². The summed E-state index contributed by atoms with van der Waals surface area (Å²) in [6.07, 6.45) is 0.206. The maximum atomic E-state index is 14.2. The first-order valence-corrected chi connectivity index (χ1v) is 13.8. The number of nitrogens with zero attached hydrogens (tertiary/aromatic N) is 1. The number of amides is 2. The van der Waals surface area contributed by atoms with Gasteiger partial charge in [0.05, 0.1) is 19.1 Å². The number of esters is 1. The van der Waals surface area contributed by atoms with Gasteiger partial charge in [0.25, 0.3) is 0 Å². The third-order valence-electron chi connectivity index (χ3n) is 7.61. The molecule has 3 aromatic rings. The highest BCUT2D eigenvalue weighted by Gasteiger charge is 2.58. The lowest BCUT2D eigenvalue weighted by Crippen LogP contribution is -2.49. The minimum atomic E-state index is -0.949. The molecule has 2 aliphatic rings. The fraction of sp³-hybridized carbons (Fsp3) is 0.364. The monoisotopic (exact) mass is 556 g/mol. The van der Waals surface area contributed by atoms with E-state index in [1.165, 1.54) is 7.11 Å². The molecule has 8 nitrogen and oxygen atoms in total. The molecular weight excluding hydrogens is 520 g/mol. The summed E-state index contributed by atoms with van der Waals surface area (Å²) in [5.74, 6) is -1.15. The first-order chi connectivity index (χ1) is 19.7. The molecule has 3 aromatic carbocycles. The first-order valence-electron chi connectivity index (χ1n) is 13.8. The molecule has 0 radical (unpaired) electrons. The Hall–Kier alpha value is -4.33. The largest absolute Gasteiger partial charge is 0.469 e. The predicted molar refractivity (Wildman–Crippen MR) is 153 cm³/mol. The summed E-state index contributed by atoms with van der Waals surface area (Å²) in [4.78, 5) is 43.6. The number of carbonyl (C=O) groups excluding carboxylic acids is 3. The minimum absolute atomic E-state index is 0.159. The number of likely N-dealkylation sites (tertiary alicyclic amines) is 1. The highest BCUT2D eigenvalue weighted by Crippen LogP contribution is 2.51. The lowest BCUT2D eigenvalue weighted by atomic mass is 9.80. The van der Waals surface area contributed by atoms with E-state index in [-0.39, 0.29) is 37.0 Å². The van der Waals surface area contributed by atoms with Crippen LogP contribution in [0.2, 0.25) is 0 Å². The smallest absolute Gasteiger partial charge is 0.311 e. The molecule has 2 aliphatic heterocycles. The van der Waals surface area contributed by atoms with Crippen molar-refractivity contribution in [2.24, 2.45) is 11.3 Å². The highest BCUT2D eigenvalue weighted by molar-refractivity contribution is 5.92. The van der Waals surface area contributed by atoms with E-state index in [9.17, 15) is 14.4 Å². The molecule has 5 rings (SSSR count). The van der Waals surface area contributed by atoms with Crippen molar-refractivity contribution in [1.29, 1.82) is 0 Å². The Kier molecular flexibility index (Phi) is 8.01. The van der Waals surface area contributed by atoms with Crippen molar-refractivity contribution in [1.82, 2.24) is 10.2 Å². The quantitative estimate of drug-likeness (QED) is 0.412. The van der Waals surface area contributed by atoms with Gasteiger partial charge < -0.3 is 24.4 Å². The molecule has 2 heterocycles. The summed E-state index contributed by atoms with van der Waals surface area (Å²) in [5, 5.41) is 3.05. The van der Waals surface area contributed by atoms with Crippen LogP contribution in [-0.4, -0.2) is 42.6 Å². The number of hydrogen-bond acceptors (Lipinski definition) is 6. The number of methoxy groups -OCH3 is 1. The van der Waals surface area contributed by atoms with Crippen molar-refractivity contribution in [3.8, 4) is 11.5 Å². The molecule has 1 saturated heterocycles. The number of nitrogens with one attached hydrogen (secondary N) is 1. The highest BCUT2D eigenvalue weighted by atomic mass is 16.7. The molecule has 4 atom stereocenters. The molecule has 41 heavy (non-hydrogen) atoms. The molecular formula is C33H36N2O6. The van der Waals surface area contributed by atoms with Gasteiger partial charge in [-0.05, 0) is 34.2 Å². The Morgan fingerprint density at radius 3 is 2.17 bits per heavy atom. The van der Waals surface area contributed by atoms with E-state index in [4.69, 9.17) is 14.2 Å². The topological polar surface area (TPSA) is 94.2 Å². The average Bonchev–Trinajstić information content (AvgIpc) is 3.58. The van der Waals surface area contributed by atoms with E-state index in [0.717, 1.165) is 16.7 Å². The SMILES string of the molecule is COC(=O)C1C(c2ccccc2)C(C(=O)NCc2ccc3c(c2)OCO3)N(C(=O)CC(C)(C)C)C1c1ccccc1. The fourth-order valence-corrected chi connectivity index (χ4v) is 5.90. The van der Waals surface area contributed by atoms with Gasteiger partial charge in [-0.3, -0.25) is 14.4 Å². The Morgan fingerprint density at radius 2 is 1.54 bits per heavy atom. The van der Waals surface area contributed by atoms with Gasteiger partial charge in [0.15, 0.2) is 11.5 Å². The standard InChI is InChI=1S/C33H36N2O6/c1-33(2,3)18-26(36)35-29(23-13-9-6-10-14-23)28(32(38)39-4)27(22-11-7-5-8-12-22)30(35)31(37)34-19-21-15-16-24-25(17-21)41-20-40-24/h5-17,27-30H,18-20H2,1-4H3,(H,34,37). The van der Waals surface area contributed by atoms with E-state index in [1.807, 2.05) is 99.6 Å². The van der Waals surface area contributed by atoms with Crippen LogP contribution in [-0.2, 0) is 25.7 Å². The average molecular weight is 557 g/mol. The second-order valence-electron chi connectivity index (χ2n) is 11.7. The van der Waals surface area contributed by atoms with E-state index < -0.39 is 29.9 Å². The van der Waals surface area contributed by atoms with Crippen LogP contribution >= 0.6 is 0 Å². The van der Waals surface area contributed by atoms with E-state index >= 15 is 0 Å². The second-order valence-corrected chi connectivity index (χ2v) is 11.7. The van der Waals surface area contributed by atoms with Crippen LogP contribution in [0, 0.1) is 11.3 Å². The molecule has 1 fully saturated rings. The lowest BCUT2D eigenvalue weighted by Gasteiger charge is -2.33. The van der Waals surface area contributed by atoms with Crippen molar-refractivity contribution >= 4 is 17.8 Å². The lowest BCUT2D eigenvalue weighted by molar-refractivity contribution is -0.148. The normalized spacial score (nSPS) is 21.4. The summed E-state index contributed by atoms with van der Waals surface area (Å²) < 4.78 is 16.2. The van der Waals surface area contributed by atoms with E-state index in [1.54, 1.807) is 4.90 Å². The maximum Gasteiger partial charge on any atom is 0.311 e. The Labute approximate surface area is 240 Å². The maximum absolute atomic E-state index is 14.2. The van der Waals surface area contributed by atoms with Gasteiger partial charge in [0.1, 0.15) is 6.04 Å². The molecule has 0 saturated carbocycles. The van der Waals surface area contributed by atoms with E-state index in [2.05, 4.69) is 5.32 Å². The molecule has 0 bridgehead atoms. The molecule has 8 heteroatoms. The molecule has 0 aliphatic carbocycles. The molecule has 2 amide bonds. The third-order valence-corrected chi connectivity index (χ3v) is 7.61. The number of benzene rings is 3. The summed E-state index contributed by atoms with van der Waals surface area (Å²) >= 11 is 0. The number of fused-ring (bicyclic) bond motifs is 1. The zero-order valence-corrected chi connectivity index (χ0v) is 23.8. The van der Waals surface area contributed by atoms with Crippen molar-refractivity contribution in [3.05, 3.63) is 95.6 Å². The Bertz CT molecular complexity index is 1400. The van der Waals surface area contributed by atoms with Gasteiger partial charge in [0, 0.05) is 18.9 Å². The molecule has 0 aromatic heterocycles. The van der Waals surface area contributed by atoms with Crippen molar-refractivity contribution in [2.45, 2.75) is 51.7 Å². The Balaban J connectivity index is 1.59. The zero-order valence-electron chi connectivity index (χ0n) is 23.8. The number of hydrogen-bond donors (Lipinski definition) is 1. The van der Waals surface area contributed by atoms with Gasteiger partial charge in [0.2, 0.25) is 18.6 Å². The van der Waals surface area contributed by atoms with Crippen LogP contribution in [0.1, 0.15) is 55.8 Å². The molecule has 214 valence electrons. The van der Waals surface area contributed by atoms with Gasteiger partial charge in [-0.1, -0.05) is 87.5 Å². The molecule has 4 unspecified atom stereocenters. The molecule has 0 spiro atoms. The van der Waals surface area contributed by atoms with E-state index in [0.29, 0.717) is 11.5 Å². The summed E-state index contributed by atoms with van der Waals surface area (Å²) in [6.45, 7) is 6.33. The van der Waals surface area contributed by atoms with Gasteiger partial charge >= 0.3 is 5.97 Å². The first kappa shape index (κ1) is 28.2. The second kappa shape index (κ2) is 11.6. The Morgan fingerprint density at radius 1 is 0.902 bits per heavy atom. The van der Waals surface area contributed by atoms with Crippen molar-refractivity contribution < 1.29 is 28.6 Å². The fourth-order valence-electron chi connectivity index (χ4n) is 5.90. The number of ether oxygens (including phenoxy) is 3.